The Balaban J connectivity index is 2.24. The lowest BCUT2D eigenvalue weighted by atomic mass is 10.2. The van der Waals surface area contributed by atoms with Crippen molar-refractivity contribution in [3.05, 3.63) is 58.5 Å². The molecular formula is C15H15N3O3. The van der Waals surface area contributed by atoms with Gasteiger partial charge in [-0.3, -0.25) is 0 Å². The summed E-state index contributed by atoms with van der Waals surface area (Å²) in [4.78, 5) is 2.75. The fourth-order valence-corrected chi connectivity index (χ4v) is 1.78. The van der Waals surface area contributed by atoms with Crippen LogP contribution in [0.5, 0.6) is 23.0 Å². The van der Waals surface area contributed by atoms with Gasteiger partial charge in [-0.2, -0.15) is 0 Å². The Morgan fingerprint density at radius 2 is 1.67 bits per heavy atom. The molecule has 0 aliphatic carbocycles. The number of azide groups is 1. The molecule has 0 unspecified atom stereocenters. The SMILES string of the molecule is COc1ccc(Oc2cc(CN=[N+]=[N-])ccc2OC)cc1. The van der Waals surface area contributed by atoms with Crippen LogP contribution in [0.2, 0.25) is 0 Å². The summed E-state index contributed by atoms with van der Waals surface area (Å²) in [5.41, 5.74) is 9.22. The first kappa shape index (κ1) is 14.6. The topological polar surface area (TPSA) is 76.5 Å². The lowest BCUT2D eigenvalue weighted by Crippen LogP contribution is -1.92. The first-order valence-electron chi connectivity index (χ1n) is 6.26. The second kappa shape index (κ2) is 7.07. The fraction of sp³-hybridized carbons (Fsp3) is 0.200. The third-order valence-corrected chi connectivity index (χ3v) is 2.83. The highest BCUT2D eigenvalue weighted by Gasteiger charge is 2.07. The second-order valence-corrected chi connectivity index (χ2v) is 4.15. The molecule has 2 rings (SSSR count). The number of benzene rings is 2. The van der Waals surface area contributed by atoms with E-state index in [4.69, 9.17) is 19.7 Å². The molecule has 0 saturated heterocycles. The third-order valence-electron chi connectivity index (χ3n) is 2.83. The molecule has 0 bridgehead atoms. The van der Waals surface area contributed by atoms with Gasteiger partial charge in [0, 0.05) is 4.91 Å². The lowest BCUT2D eigenvalue weighted by molar-refractivity contribution is 0.377. The maximum Gasteiger partial charge on any atom is 0.169 e. The van der Waals surface area contributed by atoms with E-state index in [1.165, 1.54) is 0 Å². The number of hydrogen-bond donors (Lipinski definition) is 0. The van der Waals surface area contributed by atoms with Crippen LogP contribution in [0.25, 0.3) is 10.4 Å². The van der Waals surface area contributed by atoms with E-state index in [1.807, 2.05) is 18.2 Å². The summed E-state index contributed by atoms with van der Waals surface area (Å²) in [6.07, 6.45) is 0. The van der Waals surface area contributed by atoms with Crippen LogP contribution in [0, 0.1) is 0 Å². The molecule has 0 amide bonds. The first-order valence-corrected chi connectivity index (χ1v) is 6.26. The quantitative estimate of drug-likeness (QED) is 0.451. The molecule has 0 aliphatic heterocycles. The smallest absolute Gasteiger partial charge is 0.169 e. The standard InChI is InChI=1S/C15H15N3O3/c1-19-12-4-6-13(7-5-12)21-15-9-11(10-17-18-16)3-8-14(15)20-2/h3-9H,10H2,1-2H3. The summed E-state index contributed by atoms with van der Waals surface area (Å²) < 4.78 is 16.2. The van der Waals surface area contributed by atoms with Crippen molar-refractivity contribution >= 4 is 0 Å². The van der Waals surface area contributed by atoms with E-state index in [2.05, 4.69) is 10.0 Å². The maximum atomic E-state index is 8.37. The molecule has 0 atom stereocenters. The molecule has 0 aromatic heterocycles. The Morgan fingerprint density at radius 1 is 0.952 bits per heavy atom. The molecule has 0 radical (unpaired) electrons. The van der Waals surface area contributed by atoms with E-state index in [1.54, 1.807) is 38.5 Å². The molecular weight excluding hydrogens is 270 g/mol. The van der Waals surface area contributed by atoms with Crippen molar-refractivity contribution < 1.29 is 14.2 Å². The Labute approximate surface area is 122 Å². The normalized spacial score (nSPS) is 9.62. The second-order valence-electron chi connectivity index (χ2n) is 4.15. The van der Waals surface area contributed by atoms with Crippen LogP contribution in [0.3, 0.4) is 0 Å². The van der Waals surface area contributed by atoms with Crippen LogP contribution in [-0.4, -0.2) is 14.2 Å². The minimum atomic E-state index is 0.263. The zero-order chi connectivity index (χ0) is 15.1. The van der Waals surface area contributed by atoms with Crippen molar-refractivity contribution in [2.45, 2.75) is 6.54 Å². The molecule has 2 aromatic rings. The average molecular weight is 285 g/mol. The monoisotopic (exact) mass is 285 g/mol. The highest BCUT2D eigenvalue weighted by Crippen LogP contribution is 2.33. The molecule has 2 aromatic carbocycles. The number of methoxy groups -OCH3 is 2. The van der Waals surface area contributed by atoms with Gasteiger partial charge in [0.1, 0.15) is 11.5 Å². The van der Waals surface area contributed by atoms with Crippen LogP contribution >= 0.6 is 0 Å². The van der Waals surface area contributed by atoms with E-state index >= 15 is 0 Å². The molecule has 0 N–H and O–H groups in total. The largest absolute Gasteiger partial charge is 0.497 e. The van der Waals surface area contributed by atoms with Crippen molar-refractivity contribution in [1.29, 1.82) is 0 Å². The molecule has 6 heteroatoms. The summed E-state index contributed by atoms with van der Waals surface area (Å²) in [5.74, 6) is 2.59. The highest BCUT2D eigenvalue weighted by atomic mass is 16.5. The summed E-state index contributed by atoms with van der Waals surface area (Å²) >= 11 is 0. The van der Waals surface area contributed by atoms with Gasteiger partial charge < -0.3 is 14.2 Å². The van der Waals surface area contributed by atoms with Crippen molar-refractivity contribution in [2.75, 3.05) is 14.2 Å². The minimum Gasteiger partial charge on any atom is -0.497 e. The Hall–Kier alpha value is -2.85. The fourth-order valence-electron chi connectivity index (χ4n) is 1.78. The van der Waals surface area contributed by atoms with E-state index in [0.29, 0.717) is 17.2 Å². The van der Waals surface area contributed by atoms with Gasteiger partial charge in [-0.1, -0.05) is 11.2 Å². The molecule has 0 fully saturated rings. The van der Waals surface area contributed by atoms with Crippen molar-refractivity contribution in [2.24, 2.45) is 5.11 Å². The number of ether oxygens (including phenoxy) is 3. The number of hydrogen-bond acceptors (Lipinski definition) is 4. The summed E-state index contributed by atoms with van der Waals surface area (Å²) in [7, 11) is 3.18. The van der Waals surface area contributed by atoms with Crippen LogP contribution in [-0.2, 0) is 6.54 Å². The van der Waals surface area contributed by atoms with Gasteiger partial charge in [-0.15, -0.1) is 0 Å². The first-order chi connectivity index (χ1) is 10.3. The predicted molar refractivity (Wildman–Crippen MR) is 78.9 cm³/mol. The van der Waals surface area contributed by atoms with Crippen molar-refractivity contribution in [3.63, 3.8) is 0 Å². The summed E-state index contributed by atoms with van der Waals surface area (Å²) in [5, 5.41) is 3.54. The molecule has 0 saturated carbocycles. The van der Waals surface area contributed by atoms with E-state index in [9.17, 15) is 0 Å². The lowest BCUT2D eigenvalue weighted by Gasteiger charge is -2.12. The number of rotatable bonds is 6. The van der Waals surface area contributed by atoms with E-state index < -0.39 is 0 Å². The maximum absolute atomic E-state index is 8.37. The third kappa shape index (κ3) is 3.81. The van der Waals surface area contributed by atoms with E-state index in [-0.39, 0.29) is 6.54 Å². The van der Waals surface area contributed by atoms with Gasteiger partial charge in [0.25, 0.3) is 0 Å². The molecule has 0 heterocycles. The molecule has 0 spiro atoms. The van der Waals surface area contributed by atoms with Gasteiger partial charge in [-0.25, -0.2) is 0 Å². The molecule has 108 valence electrons. The van der Waals surface area contributed by atoms with Gasteiger partial charge in [0.2, 0.25) is 0 Å². The van der Waals surface area contributed by atoms with Crippen LogP contribution in [0.15, 0.2) is 47.6 Å². The van der Waals surface area contributed by atoms with Gasteiger partial charge in [0.05, 0.1) is 20.8 Å². The molecule has 6 nitrogen and oxygen atoms in total. The Morgan fingerprint density at radius 3 is 2.29 bits per heavy atom. The zero-order valence-electron chi connectivity index (χ0n) is 11.8. The van der Waals surface area contributed by atoms with Gasteiger partial charge >= 0.3 is 0 Å². The van der Waals surface area contributed by atoms with Crippen molar-refractivity contribution in [3.8, 4) is 23.0 Å². The molecule has 21 heavy (non-hydrogen) atoms. The van der Waals surface area contributed by atoms with Gasteiger partial charge in [-0.05, 0) is 47.5 Å². The summed E-state index contributed by atoms with van der Waals surface area (Å²) in [6, 6.07) is 12.6. The van der Waals surface area contributed by atoms with Crippen LogP contribution in [0.4, 0.5) is 0 Å². The molecule has 0 aliphatic rings. The van der Waals surface area contributed by atoms with Crippen molar-refractivity contribution in [1.82, 2.24) is 0 Å². The minimum absolute atomic E-state index is 0.263. The zero-order valence-corrected chi connectivity index (χ0v) is 11.8. The van der Waals surface area contributed by atoms with Crippen LogP contribution in [0.1, 0.15) is 5.56 Å². The summed E-state index contributed by atoms with van der Waals surface area (Å²) in [6.45, 7) is 0.263. The van der Waals surface area contributed by atoms with E-state index in [0.717, 1.165) is 11.3 Å². The Kier molecular flexibility index (Phi) is 4.90. The number of nitrogens with zero attached hydrogens (tertiary/aromatic N) is 3. The predicted octanol–water partition coefficient (Wildman–Crippen LogP) is 4.31. The van der Waals surface area contributed by atoms with Crippen LogP contribution < -0.4 is 14.2 Å². The highest BCUT2D eigenvalue weighted by molar-refractivity contribution is 5.46. The average Bonchev–Trinajstić information content (AvgIpc) is 2.54. The van der Waals surface area contributed by atoms with Gasteiger partial charge in [0.15, 0.2) is 11.5 Å². The Bertz CT molecular complexity index is 650.